The highest BCUT2D eigenvalue weighted by molar-refractivity contribution is 5.56. The van der Waals surface area contributed by atoms with Crippen molar-refractivity contribution in [3.05, 3.63) is 23.9 Å². The van der Waals surface area contributed by atoms with Crippen molar-refractivity contribution < 1.29 is 0 Å². The lowest BCUT2D eigenvalue weighted by Crippen LogP contribution is -1.75. The van der Waals surface area contributed by atoms with Crippen LogP contribution < -0.4 is 0 Å². The molecule has 0 aliphatic heterocycles. The first-order valence-corrected chi connectivity index (χ1v) is 5.71. The van der Waals surface area contributed by atoms with Gasteiger partial charge in [-0.25, -0.2) is 0 Å². The molecular formula is C13H25N. The third-order valence-corrected chi connectivity index (χ3v) is 1.76. The Kier molecular flexibility index (Phi) is 13.6. The van der Waals surface area contributed by atoms with Crippen LogP contribution >= 0.6 is 0 Å². The standard InChI is InChI=1S/C9H13N.2C2H6/c1-3-8-6-5-7-9(8)10-4-2;2*1-2/h3-4H,1,5-7H2,2H3;2*1-2H3. The second-order valence-corrected chi connectivity index (χ2v) is 2.42. The van der Waals surface area contributed by atoms with Crippen LogP contribution in [-0.2, 0) is 0 Å². The predicted octanol–water partition coefficient (Wildman–Crippen LogP) is 4.75. The molecule has 1 aliphatic rings. The molecule has 0 spiro atoms. The smallest absolute Gasteiger partial charge is 0.0431 e. The van der Waals surface area contributed by atoms with Crippen LogP contribution in [0.4, 0.5) is 0 Å². The maximum Gasteiger partial charge on any atom is 0.0431 e. The van der Waals surface area contributed by atoms with Crippen LogP contribution in [0.1, 0.15) is 53.9 Å². The minimum absolute atomic E-state index is 1.13. The van der Waals surface area contributed by atoms with E-state index >= 15 is 0 Å². The summed E-state index contributed by atoms with van der Waals surface area (Å²) >= 11 is 0. The molecule has 0 aromatic rings. The highest BCUT2D eigenvalue weighted by Crippen LogP contribution is 2.26. The van der Waals surface area contributed by atoms with Crippen LogP contribution in [-0.4, -0.2) is 6.21 Å². The fourth-order valence-electron chi connectivity index (χ4n) is 1.27. The van der Waals surface area contributed by atoms with E-state index in [4.69, 9.17) is 0 Å². The lowest BCUT2D eigenvalue weighted by atomic mass is 10.2. The molecule has 0 unspecified atom stereocenters. The van der Waals surface area contributed by atoms with E-state index in [1.54, 1.807) is 0 Å². The van der Waals surface area contributed by atoms with Gasteiger partial charge in [-0.2, -0.15) is 0 Å². The van der Waals surface area contributed by atoms with Crippen LogP contribution in [0.5, 0.6) is 0 Å². The molecule has 0 heterocycles. The van der Waals surface area contributed by atoms with Crippen LogP contribution in [0.3, 0.4) is 0 Å². The zero-order chi connectivity index (χ0) is 11.4. The topological polar surface area (TPSA) is 12.4 Å². The Hall–Kier alpha value is -0.850. The Morgan fingerprint density at radius 1 is 1.14 bits per heavy atom. The van der Waals surface area contributed by atoms with Crippen molar-refractivity contribution in [2.24, 2.45) is 4.99 Å². The number of rotatable bonds is 2. The van der Waals surface area contributed by atoms with Crippen molar-refractivity contribution in [3.63, 3.8) is 0 Å². The molecule has 0 radical (unpaired) electrons. The van der Waals surface area contributed by atoms with Gasteiger partial charge in [0.25, 0.3) is 0 Å². The Morgan fingerprint density at radius 2 is 1.71 bits per heavy atom. The quantitative estimate of drug-likeness (QED) is 0.564. The van der Waals surface area contributed by atoms with E-state index in [0.29, 0.717) is 0 Å². The maximum absolute atomic E-state index is 4.26. The molecule has 14 heavy (non-hydrogen) atoms. The van der Waals surface area contributed by atoms with Gasteiger partial charge in [0.2, 0.25) is 0 Å². The van der Waals surface area contributed by atoms with Crippen LogP contribution in [0.2, 0.25) is 0 Å². The molecule has 0 aromatic carbocycles. The summed E-state index contributed by atoms with van der Waals surface area (Å²) in [5.41, 5.74) is 2.57. The summed E-state index contributed by atoms with van der Waals surface area (Å²) < 4.78 is 0. The van der Waals surface area contributed by atoms with Crippen molar-refractivity contribution in [3.8, 4) is 0 Å². The number of hydrogen-bond acceptors (Lipinski definition) is 1. The number of aliphatic imine (C=N–C) groups is 1. The van der Waals surface area contributed by atoms with E-state index in [1.807, 2.05) is 46.9 Å². The van der Waals surface area contributed by atoms with Gasteiger partial charge in [-0.3, -0.25) is 4.99 Å². The lowest BCUT2D eigenvalue weighted by molar-refractivity contribution is 0.894. The van der Waals surface area contributed by atoms with Crippen LogP contribution in [0.15, 0.2) is 28.9 Å². The van der Waals surface area contributed by atoms with Crippen LogP contribution in [0.25, 0.3) is 0 Å². The molecule has 0 saturated heterocycles. The SMILES string of the molecule is C=CC1=C(N=CC)CCC1.CC.CC. The molecule has 82 valence electrons. The van der Waals surface area contributed by atoms with E-state index in [2.05, 4.69) is 11.6 Å². The number of hydrogen-bond donors (Lipinski definition) is 0. The second-order valence-electron chi connectivity index (χ2n) is 2.42. The molecule has 0 bridgehead atoms. The van der Waals surface area contributed by atoms with Crippen molar-refractivity contribution in [2.45, 2.75) is 53.9 Å². The molecule has 1 nitrogen and oxygen atoms in total. The molecule has 0 aromatic heterocycles. The highest BCUT2D eigenvalue weighted by atomic mass is 14.7. The fourth-order valence-corrected chi connectivity index (χ4v) is 1.27. The Morgan fingerprint density at radius 3 is 2.14 bits per heavy atom. The average molecular weight is 195 g/mol. The van der Waals surface area contributed by atoms with Crippen molar-refractivity contribution >= 4 is 6.21 Å². The summed E-state index contributed by atoms with van der Waals surface area (Å²) in [6, 6.07) is 0. The number of allylic oxidation sites excluding steroid dienone is 3. The highest BCUT2D eigenvalue weighted by Gasteiger charge is 2.09. The van der Waals surface area contributed by atoms with Gasteiger partial charge in [-0.1, -0.05) is 40.3 Å². The molecule has 0 fully saturated rings. The minimum atomic E-state index is 1.13. The molecule has 1 heteroatoms. The van der Waals surface area contributed by atoms with Gasteiger partial charge in [0.05, 0.1) is 0 Å². The Bertz CT molecular complexity index is 187. The van der Waals surface area contributed by atoms with Gasteiger partial charge in [0.1, 0.15) is 0 Å². The normalized spacial score (nSPS) is 14.4. The monoisotopic (exact) mass is 195 g/mol. The third-order valence-electron chi connectivity index (χ3n) is 1.76. The first-order chi connectivity index (χ1) is 6.88. The van der Waals surface area contributed by atoms with Gasteiger partial charge in [-0.15, -0.1) is 0 Å². The zero-order valence-electron chi connectivity index (χ0n) is 10.4. The Labute approximate surface area is 89.6 Å². The van der Waals surface area contributed by atoms with Gasteiger partial charge in [-0.05, 0) is 31.8 Å². The van der Waals surface area contributed by atoms with Crippen LogP contribution in [0, 0.1) is 0 Å². The molecule has 0 N–H and O–H groups in total. The second kappa shape index (κ2) is 12.2. The van der Waals surface area contributed by atoms with Gasteiger partial charge < -0.3 is 0 Å². The summed E-state index contributed by atoms with van der Waals surface area (Å²) in [6.45, 7) is 13.7. The lowest BCUT2D eigenvalue weighted by Gasteiger charge is -1.92. The summed E-state index contributed by atoms with van der Waals surface area (Å²) in [4.78, 5) is 4.26. The van der Waals surface area contributed by atoms with E-state index in [0.717, 1.165) is 12.8 Å². The van der Waals surface area contributed by atoms with Crippen molar-refractivity contribution in [1.29, 1.82) is 0 Å². The summed E-state index contributed by atoms with van der Waals surface area (Å²) in [5, 5.41) is 0. The van der Waals surface area contributed by atoms with Crippen molar-refractivity contribution in [1.82, 2.24) is 0 Å². The largest absolute Gasteiger partial charge is 0.266 e. The first-order valence-electron chi connectivity index (χ1n) is 5.71. The fraction of sp³-hybridized carbons (Fsp3) is 0.615. The average Bonchev–Trinajstić information content (AvgIpc) is 2.72. The summed E-state index contributed by atoms with van der Waals surface area (Å²) in [5.74, 6) is 0. The third kappa shape index (κ3) is 5.74. The molecule has 1 aliphatic carbocycles. The Balaban J connectivity index is 0. The van der Waals surface area contributed by atoms with E-state index in [1.165, 1.54) is 17.7 Å². The summed E-state index contributed by atoms with van der Waals surface area (Å²) in [6.07, 6.45) is 7.31. The molecular weight excluding hydrogens is 170 g/mol. The minimum Gasteiger partial charge on any atom is -0.266 e. The molecule has 0 amide bonds. The summed E-state index contributed by atoms with van der Waals surface area (Å²) in [7, 11) is 0. The predicted molar refractivity (Wildman–Crippen MR) is 67.9 cm³/mol. The van der Waals surface area contributed by atoms with Crippen molar-refractivity contribution in [2.75, 3.05) is 0 Å². The molecule has 1 rings (SSSR count). The first kappa shape index (κ1) is 15.6. The van der Waals surface area contributed by atoms with E-state index < -0.39 is 0 Å². The zero-order valence-corrected chi connectivity index (χ0v) is 10.4. The molecule has 0 atom stereocenters. The van der Waals surface area contributed by atoms with Gasteiger partial charge in [0, 0.05) is 11.9 Å². The number of nitrogens with zero attached hydrogens (tertiary/aromatic N) is 1. The molecule has 0 saturated carbocycles. The van der Waals surface area contributed by atoms with Gasteiger partial charge in [0.15, 0.2) is 0 Å². The van der Waals surface area contributed by atoms with Gasteiger partial charge >= 0.3 is 0 Å². The van der Waals surface area contributed by atoms with E-state index in [9.17, 15) is 0 Å². The van der Waals surface area contributed by atoms with E-state index in [-0.39, 0.29) is 0 Å². The maximum atomic E-state index is 4.26.